The molecule has 0 amide bonds. The second-order valence-electron chi connectivity index (χ2n) is 5.50. The summed E-state index contributed by atoms with van der Waals surface area (Å²) in [7, 11) is 0. The van der Waals surface area contributed by atoms with Crippen LogP contribution in [0.15, 0.2) is 33.5 Å². The fourth-order valence-corrected chi connectivity index (χ4v) is 2.89. The van der Waals surface area contributed by atoms with Crippen molar-refractivity contribution in [3.8, 4) is 0 Å². The Morgan fingerprint density at radius 1 is 1.29 bits per heavy atom. The lowest BCUT2D eigenvalue weighted by Crippen LogP contribution is -2.49. The number of fused-ring (bicyclic) bond motifs is 1. The topological polar surface area (TPSA) is 67.8 Å². The summed E-state index contributed by atoms with van der Waals surface area (Å²) in [6.45, 7) is 4.81. The van der Waals surface area contributed by atoms with Crippen molar-refractivity contribution in [3.05, 3.63) is 34.8 Å². The Bertz CT molecular complexity index is 663. The van der Waals surface area contributed by atoms with Crippen LogP contribution in [0.1, 0.15) is 6.92 Å². The Balaban J connectivity index is 1.71. The van der Waals surface area contributed by atoms with Gasteiger partial charge in [0.25, 0.3) is 0 Å². The maximum absolute atomic E-state index is 11.9. The maximum atomic E-state index is 11.9. The predicted octanol–water partition coefficient (Wildman–Crippen LogP) is 0.676. The van der Waals surface area contributed by atoms with Crippen molar-refractivity contribution in [2.24, 2.45) is 0 Å². The third-order valence-corrected chi connectivity index (χ3v) is 3.82. The molecule has 3 rings (SSSR count). The van der Waals surface area contributed by atoms with Crippen LogP contribution in [-0.4, -0.2) is 53.0 Å². The van der Waals surface area contributed by atoms with Gasteiger partial charge in [-0.2, -0.15) is 0 Å². The molecule has 21 heavy (non-hydrogen) atoms. The summed E-state index contributed by atoms with van der Waals surface area (Å²) < 4.78 is 12.5. The second kappa shape index (κ2) is 6.01. The van der Waals surface area contributed by atoms with E-state index in [1.807, 2.05) is 25.1 Å². The van der Waals surface area contributed by atoms with Crippen LogP contribution >= 0.6 is 0 Å². The van der Waals surface area contributed by atoms with Gasteiger partial charge in [0.1, 0.15) is 0 Å². The van der Waals surface area contributed by atoms with Gasteiger partial charge < -0.3 is 14.3 Å². The normalized spacial score (nSPS) is 23.7. The van der Waals surface area contributed by atoms with Crippen molar-refractivity contribution in [3.63, 3.8) is 0 Å². The summed E-state index contributed by atoms with van der Waals surface area (Å²) in [5.41, 5.74) is 1.44. The van der Waals surface area contributed by atoms with E-state index < -0.39 is 0 Å². The molecule has 1 saturated heterocycles. The van der Waals surface area contributed by atoms with Crippen LogP contribution in [0.2, 0.25) is 0 Å². The van der Waals surface area contributed by atoms with Gasteiger partial charge in [-0.15, -0.1) is 0 Å². The minimum absolute atomic E-state index is 0.0232. The van der Waals surface area contributed by atoms with Crippen molar-refractivity contribution < 1.29 is 14.3 Å². The Kier molecular flexibility index (Phi) is 4.10. The average Bonchev–Trinajstić information content (AvgIpc) is 2.80. The van der Waals surface area contributed by atoms with Crippen molar-refractivity contribution in [2.75, 3.05) is 26.2 Å². The van der Waals surface area contributed by atoms with Gasteiger partial charge >= 0.3 is 5.76 Å². The number of aliphatic hydroxyl groups excluding tert-OH is 1. The number of benzene rings is 1. The zero-order valence-corrected chi connectivity index (χ0v) is 12.1. The lowest BCUT2D eigenvalue weighted by Gasteiger charge is -2.36. The van der Waals surface area contributed by atoms with Gasteiger partial charge in [-0.1, -0.05) is 12.1 Å². The minimum Gasteiger partial charge on any atom is -0.408 e. The molecule has 1 fully saturated rings. The van der Waals surface area contributed by atoms with E-state index in [4.69, 9.17) is 9.15 Å². The molecule has 1 N–H and O–H groups in total. The first-order valence-electron chi connectivity index (χ1n) is 7.24. The zero-order chi connectivity index (χ0) is 14.8. The summed E-state index contributed by atoms with van der Waals surface area (Å²) in [6.07, 6.45) is -0.0553. The van der Waals surface area contributed by atoms with E-state index in [0.717, 1.165) is 18.6 Å². The third kappa shape index (κ3) is 3.02. The molecule has 2 heterocycles. The molecule has 2 atom stereocenters. The molecule has 1 aromatic heterocycles. The molecular weight excluding hydrogens is 272 g/mol. The molecule has 6 nitrogen and oxygen atoms in total. The van der Waals surface area contributed by atoms with Crippen molar-refractivity contribution in [1.82, 2.24) is 9.47 Å². The van der Waals surface area contributed by atoms with E-state index in [2.05, 4.69) is 4.90 Å². The fraction of sp³-hybridized carbons (Fsp3) is 0.533. The highest BCUT2D eigenvalue weighted by Crippen LogP contribution is 2.13. The largest absolute Gasteiger partial charge is 0.419 e. The van der Waals surface area contributed by atoms with Crippen LogP contribution in [0.3, 0.4) is 0 Å². The van der Waals surface area contributed by atoms with E-state index in [1.165, 1.54) is 0 Å². The Morgan fingerprint density at radius 3 is 2.90 bits per heavy atom. The number of nitrogens with zero attached hydrogens (tertiary/aromatic N) is 2. The summed E-state index contributed by atoms with van der Waals surface area (Å²) in [4.78, 5) is 14.1. The van der Waals surface area contributed by atoms with Crippen LogP contribution < -0.4 is 5.76 Å². The zero-order valence-electron chi connectivity index (χ0n) is 12.1. The predicted molar refractivity (Wildman–Crippen MR) is 78.3 cm³/mol. The molecular formula is C15H20N2O4. The molecule has 0 aliphatic carbocycles. The van der Waals surface area contributed by atoms with E-state index in [1.54, 1.807) is 10.6 Å². The smallest absolute Gasteiger partial charge is 0.408 e. The standard InChI is InChI=1S/C15H20N2O4/c1-11-8-16(9-12(10-18)20-11)6-7-17-13-4-2-3-5-14(13)21-15(17)19/h2-5,11-12,18H,6-10H2,1H3. The molecule has 1 aliphatic rings. The van der Waals surface area contributed by atoms with Gasteiger partial charge in [0, 0.05) is 26.2 Å². The highest BCUT2D eigenvalue weighted by atomic mass is 16.5. The quantitative estimate of drug-likeness (QED) is 0.897. The Labute approximate surface area is 122 Å². The molecule has 0 bridgehead atoms. The van der Waals surface area contributed by atoms with Crippen LogP contribution in [0.5, 0.6) is 0 Å². The first-order valence-corrected chi connectivity index (χ1v) is 7.24. The number of ether oxygens (including phenoxy) is 1. The molecule has 0 spiro atoms. The molecule has 1 aromatic carbocycles. The molecule has 114 valence electrons. The average molecular weight is 292 g/mol. The van der Waals surface area contributed by atoms with Gasteiger partial charge in [0.05, 0.1) is 24.3 Å². The molecule has 0 radical (unpaired) electrons. The first kappa shape index (κ1) is 14.3. The first-order chi connectivity index (χ1) is 10.2. The summed E-state index contributed by atoms with van der Waals surface area (Å²) in [6, 6.07) is 7.43. The van der Waals surface area contributed by atoms with E-state index in [-0.39, 0.29) is 24.6 Å². The van der Waals surface area contributed by atoms with Crippen molar-refractivity contribution in [2.45, 2.75) is 25.7 Å². The third-order valence-electron chi connectivity index (χ3n) is 3.82. The van der Waals surface area contributed by atoms with Gasteiger partial charge in [0.2, 0.25) is 0 Å². The number of rotatable bonds is 4. The van der Waals surface area contributed by atoms with Crippen molar-refractivity contribution in [1.29, 1.82) is 0 Å². The lowest BCUT2D eigenvalue weighted by molar-refractivity contribution is -0.0955. The van der Waals surface area contributed by atoms with E-state index >= 15 is 0 Å². The van der Waals surface area contributed by atoms with E-state index in [0.29, 0.717) is 18.7 Å². The molecule has 0 saturated carbocycles. The van der Waals surface area contributed by atoms with Gasteiger partial charge in [-0.25, -0.2) is 4.79 Å². The molecule has 6 heteroatoms. The minimum atomic E-state index is -0.323. The number of hydrogen-bond donors (Lipinski definition) is 1. The van der Waals surface area contributed by atoms with Crippen LogP contribution in [0.4, 0.5) is 0 Å². The highest BCUT2D eigenvalue weighted by Gasteiger charge is 2.24. The van der Waals surface area contributed by atoms with Gasteiger partial charge in [0.15, 0.2) is 5.58 Å². The number of aromatic nitrogens is 1. The second-order valence-corrected chi connectivity index (χ2v) is 5.50. The monoisotopic (exact) mass is 292 g/mol. The Hall–Kier alpha value is -1.63. The van der Waals surface area contributed by atoms with Gasteiger partial charge in [-0.3, -0.25) is 9.47 Å². The summed E-state index contributed by atoms with van der Waals surface area (Å²) >= 11 is 0. The SMILES string of the molecule is CC1CN(CCn2c(=O)oc3ccccc32)CC(CO)O1. The molecule has 2 unspecified atom stereocenters. The van der Waals surface area contributed by atoms with Crippen LogP contribution in [0.25, 0.3) is 11.1 Å². The number of hydrogen-bond acceptors (Lipinski definition) is 5. The number of para-hydroxylation sites is 2. The highest BCUT2D eigenvalue weighted by molar-refractivity contribution is 5.72. The number of aliphatic hydroxyl groups is 1. The Morgan fingerprint density at radius 2 is 2.10 bits per heavy atom. The summed E-state index contributed by atoms with van der Waals surface area (Å²) in [5, 5.41) is 9.24. The number of oxazole rings is 1. The summed E-state index contributed by atoms with van der Waals surface area (Å²) in [5.74, 6) is -0.323. The molecule has 2 aromatic rings. The van der Waals surface area contributed by atoms with Crippen molar-refractivity contribution >= 4 is 11.1 Å². The lowest BCUT2D eigenvalue weighted by atomic mass is 10.2. The fourth-order valence-electron chi connectivity index (χ4n) is 2.89. The number of morpholine rings is 1. The maximum Gasteiger partial charge on any atom is 0.419 e. The van der Waals surface area contributed by atoms with Crippen LogP contribution in [-0.2, 0) is 11.3 Å². The van der Waals surface area contributed by atoms with Gasteiger partial charge in [-0.05, 0) is 19.1 Å². The van der Waals surface area contributed by atoms with Crippen LogP contribution in [0, 0.1) is 0 Å². The van der Waals surface area contributed by atoms with E-state index in [9.17, 15) is 9.90 Å². The molecule has 1 aliphatic heterocycles.